The summed E-state index contributed by atoms with van der Waals surface area (Å²) in [6.07, 6.45) is -6.34. The van der Waals surface area contributed by atoms with Gasteiger partial charge in [-0.1, -0.05) is 12.1 Å². The number of carbonyl (C=O) groups is 4. The highest BCUT2D eigenvalue weighted by molar-refractivity contribution is 5.90. The van der Waals surface area contributed by atoms with Crippen LogP contribution in [0.25, 0.3) is 11.3 Å². The third kappa shape index (κ3) is 5.86. The Morgan fingerprint density at radius 2 is 1.76 bits per heavy atom. The van der Waals surface area contributed by atoms with Crippen LogP contribution in [0.3, 0.4) is 0 Å². The Morgan fingerprint density at radius 3 is 2.29 bits per heavy atom. The quantitative estimate of drug-likeness (QED) is 0.419. The summed E-state index contributed by atoms with van der Waals surface area (Å²) in [6.45, 7) is 1.95. The molecule has 3 atom stereocenters. The van der Waals surface area contributed by atoms with E-state index in [-0.39, 0.29) is 36.7 Å². The lowest BCUT2D eigenvalue weighted by Gasteiger charge is -2.34. The van der Waals surface area contributed by atoms with Gasteiger partial charge in [0.05, 0.1) is 24.1 Å². The van der Waals surface area contributed by atoms with Gasteiger partial charge in [0.25, 0.3) is 0 Å². The van der Waals surface area contributed by atoms with Gasteiger partial charge in [-0.2, -0.15) is 13.2 Å². The molecule has 2 aliphatic heterocycles. The molecule has 1 aromatic carbocycles. The van der Waals surface area contributed by atoms with Crippen LogP contribution in [-0.4, -0.2) is 83.8 Å². The number of hydrogen-bond acceptors (Lipinski definition) is 9. The highest BCUT2D eigenvalue weighted by Gasteiger charge is 2.59. The zero-order valence-corrected chi connectivity index (χ0v) is 22.0. The van der Waals surface area contributed by atoms with Gasteiger partial charge in [-0.05, 0) is 44.4 Å². The first-order valence-electron chi connectivity index (χ1n) is 12.5. The fourth-order valence-corrected chi connectivity index (χ4v) is 5.20. The third-order valence-electron chi connectivity index (χ3n) is 7.30. The number of nitrogens with zero attached hydrogens (tertiary/aromatic N) is 4. The largest absolute Gasteiger partial charge is 0.481 e. The van der Waals surface area contributed by atoms with Crippen LogP contribution in [0.5, 0.6) is 0 Å². The summed E-state index contributed by atoms with van der Waals surface area (Å²) in [6, 6.07) is 4.98. The second kappa shape index (κ2) is 10.7. The van der Waals surface area contributed by atoms with Crippen molar-refractivity contribution in [2.24, 2.45) is 0 Å². The molecule has 0 aliphatic carbocycles. The Kier molecular flexibility index (Phi) is 7.80. The predicted molar refractivity (Wildman–Crippen MR) is 132 cm³/mol. The van der Waals surface area contributed by atoms with E-state index in [9.17, 15) is 42.6 Å². The second-order valence-electron chi connectivity index (χ2n) is 10.3. The van der Waals surface area contributed by atoms with Gasteiger partial charge >= 0.3 is 24.1 Å². The molecule has 15 heteroatoms. The van der Waals surface area contributed by atoms with Crippen LogP contribution in [0.4, 0.5) is 13.2 Å². The Hall–Kier alpha value is -4.11. The third-order valence-corrected chi connectivity index (χ3v) is 7.30. The Bertz CT molecular complexity index is 1390. The van der Waals surface area contributed by atoms with Crippen LogP contribution in [0, 0.1) is 6.92 Å². The summed E-state index contributed by atoms with van der Waals surface area (Å²) in [4.78, 5) is 64.7. The molecule has 2 fully saturated rings. The van der Waals surface area contributed by atoms with Gasteiger partial charge in [-0.25, -0.2) is 14.8 Å². The number of hydrogen-bond donors (Lipinski definition) is 3. The minimum Gasteiger partial charge on any atom is -0.481 e. The van der Waals surface area contributed by atoms with Crippen molar-refractivity contribution < 1.29 is 52.5 Å². The molecule has 1 unspecified atom stereocenters. The van der Waals surface area contributed by atoms with E-state index in [1.807, 2.05) is 0 Å². The molecular weight excluding hydrogens is 553 g/mol. The number of halogens is 3. The zero-order valence-electron chi connectivity index (χ0n) is 22.0. The number of amides is 1. The number of rotatable bonds is 8. The first kappa shape index (κ1) is 29.9. The monoisotopic (exact) mass is 580 g/mol. The van der Waals surface area contributed by atoms with Crippen LogP contribution in [-0.2, 0) is 30.2 Å². The molecule has 0 radical (unpaired) electrons. The highest BCUT2D eigenvalue weighted by Crippen LogP contribution is 2.47. The van der Waals surface area contributed by atoms with E-state index in [1.54, 1.807) is 20.0 Å². The average molecular weight is 581 g/mol. The van der Waals surface area contributed by atoms with E-state index in [0.29, 0.717) is 17.8 Å². The Labute approximate surface area is 231 Å². The van der Waals surface area contributed by atoms with Crippen molar-refractivity contribution in [1.29, 1.82) is 0 Å². The van der Waals surface area contributed by atoms with Crippen molar-refractivity contribution in [2.45, 2.75) is 62.4 Å². The summed E-state index contributed by atoms with van der Waals surface area (Å²) < 4.78 is 39.1. The van der Waals surface area contributed by atoms with Crippen LogP contribution < -0.4 is 0 Å². The minimum atomic E-state index is -4.52. The van der Waals surface area contributed by atoms with Crippen LogP contribution in [0.15, 0.2) is 30.3 Å². The maximum Gasteiger partial charge on any atom is 0.416 e. The predicted octanol–water partition coefficient (Wildman–Crippen LogP) is 2.35. The second-order valence-corrected chi connectivity index (χ2v) is 10.3. The number of alkyl halides is 3. The molecule has 0 bridgehead atoms. The standard InChI is InChI=1S/C26H27F3N4O8/c1-14-11-17(15-3-5-16(6-4-15)26(27,28)29)31-21(30-14)18-7-8-24(9-10-32(2)22(24)37)33(18)41-20(36)13-25(40,23(38)39)12-19(34)35/h3-6,11,18,40H,7-10,12-13H2,1-2H3,(H,34,35)(H,38,39)/t18-,24+,25?/m1/s1. The van der Waals surface area contributed by atoms with Gasteiger partial charge in [-0.3, -0.25) is 14.4 Å². The molecule has 12 nitrogen and oxygen atoms in total. The van der Waals surface area contributed by atoms with Gasteiger partial charge in [0, 0.05) is 24.8 Å². The Balaban J connectivity index is 1.69. The van der Waals surface area contributed by atoms with E-state index in [0.717, 1.165) is 17.2 Å². The minimum absolute atomic E-state index is 0.103. The molecule has 0 saturated carbocycles. The van der Waals surface area contributed by atoms with E-state index in [2.05, 4.69) is 9.97 Å². The maximum atomic E-state index is 13.2. The van der Waals surface area contributed by atoms with Gasteiger partial charge in [0.15, 0.2) is 5.60 Å². The molecular formula is C26H27F3N4O8. The van der Waals surface area contributed by atoms with Crippen LogP contribution >= 0.6 is 0 Å². The summed E-state index contributed by atoms with van der Waals surface area (Å²) in [5, 5.41) is 29.8. The van der Waals surface area contributed by atoms with Gasteiger partial charge in [-0.15, -0.1) is 5.06 Å². The first-order valence-corrected chi connectivity index (χ1v) is 12.5. The van der Waals surface area contributed by atoms with E-state index >= 15 is 0 Å². The summed E-state index contributed by atoms with van der Waals surface area (Å²) >= 11 is 0. The molecule has 2 aliphatic rings. The number of likely N-dealkylation sites (tertiary alicyclic amines) is 1. The molecule has 1 amide bonds. The number of aliphatic hydroxyl groups is 1. The number of carboxylic acid groups (broad SMARTS) is 2. The van der Waals surface area contributed by atoms with E-state index in [1.165, 1.54) is 17.0 Å². The Morgan fingerprint density at radius 1 is 1.10 bits per heavy atom. The van der Waals surface area contributed by atoms with E-state index < -0.39 is 59.7 Å². The van der Waals surface area contributed by atoms with Crippen molar-refractivity contribution in [2.75, 3.05) is 13.6 Å². The lowest BCUT2D eigenvalue weighted by Crippen LogP contribution is -2.52. The van der Waals surface area contributed by atoms with Crippen molar-refractivity contribution in [3.05, 3.63) is 47.4 Å². The molecule has 41 heavy (non-hydrogen) atoms. The summed E-state index contributed by atoms with van der Waals surface area (Å²) in [7, 11) is 1.56. The number of aryl methyl sites for hydroxylation is 1. The number of hydroxylamine groups is 2. The normalized spacial score (nSPS) is 22.6. The molecule has 220 valence electrons. The SMILES string of the molecule is Cc1cc(-c2ccc(C(F)(F)F)cc2)nc([C@H]2CC[C@@]3(CCN(C)C3=O)N2OC(=O)CC(O)(CC(=O)O)C(=O)O)n1. The fraction of sp³-hybridized carbons (Fsp3) is 0.462. The van der Waals surface area contributed by atoms with E-state index in [4.69, 9.17) is 9.94 Å². The molecule has 3 N–H and O–H groups in total. The molecule has 2 saturated heterocycles. The van der Waals surface area contributed by atoms with Gasteiger partial charge in [0.2, 0.25) is 5.91 Å². The zero-order chi connectivity index (χ0) is 30.3. The molecule has 1 spiro atoms. The smallest absolute Gasteiger partial charge is 0.416 e. The van der Waals surface area contributed by atoms with Crippen molar-refractivity contribution in [3.63, 3.8) is 0 Å². The summed E-state index contributed by atoms with van der Waals surface area (Å²) in [5.41, 5.74) is -4.06. The van der Waals surface area contributed by atoms with Crippen molar-refractivity contribution in [3.8, 4) is 11.3 Å². The van der Waals surface area contributed by atoms with Crippen LogP contribution in [0.1, 0.15) is 55.2 Å². The average Bonchev–Trinajstić information content (AvgIpc) is 3.37. The van der Waals surface area contributed by atoms with Crippen molar-refractivity contribution in [1.82, 2.24) is 19.9 Å². The lowest BCUT2D eigenvalue weighted by atomic mass is 9.95. The number of carbonyl (C=O) groups excluding carboxylic acids is 2. The lowest BCUT2D eigenvalue weighted by molar-refractivity contribution is -0.228. The fourth-order valence-electron chi connectivity index (χ4n) is 5.20. The molecule has 3 heterocycles. The van der Waals surface area contributed by atoms with Gasteiger partial charge in [0.1, 0.15) is 17.4 Å². The number of aromatic nitrogens is 2. The summed E-state index contributed by atoms with van der Waals surface area (Å²) in [5.74, 6) is -5.16. The molecule has 1 aromatic heterocycles. The van der Waals surface area contributed by atoms with Crippen molar-refractivity contribution >= 4 is 23.8 Å². The molecule has 4 rings (SSSR count). The maximum absolute atomic E-state index is 13.2. The first-order chi connectivity index (χ1) is 19.1. The number of carboxylic acids is 2. The van der Waals surface area contributed by atoms with Gasteiger partial charge < -0.3 is 25.1 Å². The molecule has 2 aromatic rings. The number of benzene rings is 1. The topological polar surface area (TPSA) is 170 Å². The van der Waals surface area contributed by atoms with Crippen LogP contribution in [0.2, 0.25) is 0 Å². The highest BCUT2D eigenvalue weighted by atomic mass is 19.4. The number of aliphatic carboxylic acids is 2. The number of likely N-dealkylation sites (N-methyl/N-ethyl adjacent to an activating group) is 1.